The lowest BCUT2D eigenvalue weighted by Gasteiger charge is -2.00. The molecule has 3 rings (SSSR count). The Morgan fingerprint density at radius 3 is 2.95 bits per heavy atom. The molecule has 8 heteroatoms. The summed E-state index contributed by atoms with van der Waals surface area (Å²) in [5.41, 5.74) is 6.96. The van der Waals surface area contributed by atoms with Crippen molar-refractivity contribution in [3.8, 4) is 0 Å². The van der Waals surface area contributed by atoms with Gasteiger partial charge in [0, 0.05) is 18.1 Å². The van der Waals surface area contributed by atoms with Crippen LogP contribution in [0.15, 0.2) is 46.3 Å². The Morgan fingerprint density at radius 1 is 1.35 bits per heavy atom. The molecule has 0 saturated heterocycles. The topological polar surface area (TPSA) is 104 Å². The molecule has 0 amide bonds. The molecule has 0 fully saturated rings. The van der Waals surface area contributed by atoms with Crippen LogP contribution in [0.2, 0.25) is 0 Å². The highest BCUT2D eigenvalue weighted by Gasteiger charge is 2.22. The highest BCUT2D eigenvalue weighted by molar-refractivity contribution is 7.91. The first-order valence-electron chi connectivity index (χ1n) is 5.91. The van der Waals surface area contributed by atoms with Crippen LogP contribution in [-0.2, 0) is 16.4 Å². The lowest BCUT2D eigenvalue weighted by atomic mass is 10.3. The molecule has 0 atom stereocenters. The Bertz CT molecular complexity index is 837. The van der Waals surface area contributed by atoms with E-state index in [0.29, 0.717) is 16.8 Å². The first kappa shape index (κ1) is 12.7. The van der Waals surface area contributed by atoms with Crippen molar-refractivity contribution in [3.63, 3.8) is 0 Å². The first-order valence-corrected chi connectivity index (χ1v) is 7.56. The van der Waals surface area contributed by atoms with Gasteiger partial charge in [0.15, 0.2) is 5.58 Å². The van der Waals surface area contributed by atoms with Crippen LogP contribution in [-0.4, -0.2) is 28.9 Å². The molecule has 0 saturated carbocycles. The average molecular weight is 292 g/mol. The van der Waals surface area contributed by atoms with E-state index in [1.807, 2.05) is 0 Å². The molecule has 2 aromatic heterocycles. The molecule has 0 aliphatic carbocycles. The summed E-state index contributed by atoms with van der Waals surface area (Å²) in [6.45, 7) is 0.246. The number of aryl methyl sites for hydroxylation is 1. The Balaban J connectivity index is 1.88. The summed E-state index contributed by atoms with van der Waals surface area (Å²) >= 11 is 0. The maximum Gasteiger partial charge on any atom is 0.316 e. The predicted octanol–water partition coefficient (Wildman–Crippen LogP) is 1.08. The van der Waals surface area contributed by atoms with Gasteiger partial charge in [0.2, 0.25) is 9.84 Å². The smallest absolute Gasteiger partial charge is 0.316 e. The first-order chi connectivity index (χ1) is 9.54. The number of rotatable bonds is 4. The van der Waals surface area contributed by atoms with E-state index in [-0.39, 0.29) is 17.5 Å². The minimum atomic E-state index is -3.59. The van der Waals surface area contributed by atoms with Crippen molar-refractivity contribution >= 4 is 26.6 Å². The van der Waals surface area contributed by atoms with Crippen molar-refractivity contribution in [1.82, 2.24) is 14.8 Å². The van der Waals surface area contributed by atoms with E-state index in [2.05, 4.69) is 10.1 Å². The van der Waals surface area contributed by atoms with Gasteiger partial charge in [0.25, 0.3) is 0 Å². The number of nitrogens with zero attached hydrogens (tertiary/aromatic N) is 3. The third kappa shape index (κ3) is 2.37. The lowest BCUT2D eigenvalue weighted by Crippen LogP contribution is -2.13. The van der Waals surface area contributed by atoms with Crippen LogP contribution in [0.25, 0.3) is 11.1 Å². The van der Waals surface area contributed by atoms with Crippen molar-refractivity contribution in [1.29, 1.82) is 0 Å². The van der Waals surface area contributed by atoms with Crippen LogP contribution in [0, 0.1) is 0 Å². The van der Waals surface area contributed by atoms with Gasteiger partial charge in [-0.25, -0.2) is 8.42 Å². The summed E-state index contributed by atoms with van der Waals surface area (Å²) in [6.07, 6.45) is 3.29. The summed E-state index contributed by atoms with van der Waals surface area (Å²) in [6, 6.07) is 6.54. The van der Waals surface area contributed by atoms with E-state index in [4.69, 9.17) is 10.2 Å². The zero-order valence-corrected chi connectivity index (χ0v) is 11.2. The monoisotopic (exact) mass is 292 g/mol. The predicted molar refractivity (Wildman–Crippen MR) is 72.7 cm³/mol. The van der Waals surface area contributed by atoms with Crippen molar-refractivity contribution < 1.29 is 12.8 Å². The van der Waals surface area contributed by atoms with Crippen molar-refractivity contribution in [2.45, 2.75) is 11.8 Å². The molecule has 3 aromatic rings. The minimum Gasteiger partial charge on any atom is -0.428 e. The lowest BCUT2D eigenvalue weighted by molar-refractivity contribution is 0.456. The molecular formula is C12H12N4O3S. The molecule has 0 spiro atoms. The number of fused-ring (bicyclic) bond motifs is 1. The molecule has 0 bridgehead atoms. The number of oxazole rings is 1. The fourth-order valence-corrected chi connectivity index (χ4v) is 2.85. The molecule has 0 unspecified atom stereocenters. The second-order valence-electron chi connectivity index (χ2n) is 4.29. The maximum atomic E-state index is 12.2. The van der Waals surface area contributed by atoms with Gasteiger partial charge in [0.05, 0.1) is 12.3 Å². The van der Waals surface area contributed by atoms with Gasteiger partial charge in [-0.3, -0.25) is 4.68 Å². The van der Waals surface area contributed by atoms with E-state index in [1.54, 1.807) is 36.7 Å². The molecular weight excluding hydrogens is 280 g/mol. The molecule has 0 aliphatic rings. The molecule has 20 heavy (non-hydrogen) atoms. The summed E-state index contributed by atoms with van der Waals surface area (Å²) < 4.78 is 31.1. The fraction of sp³-hybridized carbons (Fsp3) is 0.167. The van der Waals surface area contributed by atoms with Crippen LogP contribution in [0.5, 0.6) is 0 Å². The van der Waals surface area contributed by atoms with Gasteiger partial charge < -0.3 is 10.2 Å². The third-order valence-corrected chi connectivity index (χ3v) is 4.23. The van der Waals surface area contributed by atoms with Crippen LogP contribution < -0.4 is 5.73 Å². The van der Waals surface area contributed by atoms with Crippen molar-refractivity contribution in [2.24, 2.45) is 0 Å². The SMILES string of the molecule is Nc1ccc2oc(S(=O)(=O)CCn3cccn3)nc2c1. The molecule has 7 nitrogen and oxygen atoms in total. The van der Waals surface area contributed by atoms with Crippen LogP contribution in [0.4, 0.5) is 5.69 Å². The third-order valence-electron chi connectivity index (χ3n) is 2.81. The summed E-state index contributed by atoms with van der Waals surface area (Å²) in [7, 11) is -3.59. The number of nitrogen functional groups attached to an aromatic ring is 1. The van der Waals surface area contributed by atoms with Gasteiger partial charge >= 0.3 is 5.22 Å². The Labute approximate surface area is 114 Å². The van der Waals surface area contributed by atoms with Gasteiger partial charge in [-0.2, -0.15) is 10.1 Å². The van der Waals surface area contributed by atoms with E-state index in [0.717, 1.165) is 0 Å². The van der Waals surface area contributed by atoms with Crippen LogP contribution >= 0.6 is 0 Å². The van der Waals surface area contributed by atoms with Gasteiger partial charge in [-0.1, -0.05) is 0 Å². The van der Waals surface area contributed by atoms with Crippen molar-refractivity contribution in [2.75, 3.05) is 11.5 Å². The number of hydrogen-bond donors (Lipinski definition) is 1. The molecule has 0 radical (unpaired) electrons. The second kappa shape index (κ2) is 4.64. The summed E-state index contributed by atoms with van der Waals surface area (Å²) in [5.74, 6) is -0.128. The molecule has 2 N–H and O–H groups in total. The largest absolute Gasteiger partial charge is 0.428 e. The van der Waals surface area contributed by atoms with Crippen LogP contribution in [0.1, 0.15) is 0 Å². The minimum absolute atomic E-state index is 0.128. The van der Waals surface area contributed by atoms with Gasteiger partial charge in [-0.05, 0) is 24.3 Å². The quantitative estimate of drug-likeness (QED) is 0.721. The second-order valence-corrected chi connectivity index (χ2v) is 6.28. The number of sulfone groups is 1. The average Bonchev–Trinajstić information content (AvgIpc) is 3.05. The summed E-state index contributed by atoms with van der Waals surface area (Å²) in [5, 5.41) is 3.67. The Kier molecular flexibility index (Phi) is 2.94. The maximum absolute atomic E-state index is 12.2. The molecule has 2 heterocycles. The number of nitrogens with two attached hydrogens (primary N) is 1. The van der Waals surface area contributed by atoms with Gasteiger partial charge in [-0.15, -0.1) is 0 Å². The van der Waals surface area contributed by atoms with E-state index in [1.165, 1.54) is 4.68 Å². The Hall–Kier alpha value is -2.35. The fourth-order valence-electron chi connectivity index (χ4n) is 1.79. The Morgan fingerprint density at radius 2 is 2.20 bits per heavy atom. The van der Waals surface area contributed by atoms with E-state index >= 15 is 0 Å². The number of aromatic nitrogens is 3. The van der Waals surface area contributed by atoms with E-state index < -0.39 is 9.84 Å². The number of hydrogen-bond acceptors (Lipinski definition) is 6. The molecule has 0 aliphatic heterocycles. The van der Waals surface area contributed by atoms with Gasteiger partial charge in [0.1, 0.15) is 5.52 Å². The standard InChI is InChI=1S/C12H12N4O3S/c13-9-2-3-11-10(8-9)15-12(19-11)20(17,18)7-6-16-5-1-4-14-16/h1-5,8H,6-7,13H2. The molecule has 1 aromatic carbocycles. The summed E-state index contributed by atoms with van der Waals surface area (Å²) in [4.78, 5) is 3.98. The highest BCUT2D eigenvalue weighted by Crippen LogP contribution is 2.21. The van der Waals surface area contributed by atoms with Crippen molar-refractivity contribution in [3.05, 3.63) is 36.7 Å². The zero-order chi connectivity index (χ0) is 14.2. The molecule has 104 valence electrons. The van der Waals surface area contributed by atoms with E-state index in [9.17, 15) is 8.42 Å². The zero-order valence-electron chi connectivity index (χ0n) is 10.4. The van der Waals surface area contributed by atoms with Crippen LogP contribution in [0.3, 0.4) is 0 Å². The number of anilines is 1. The highest BCUT2D eigenvalue weighted by atomic mass is 32.2. The normalized spacial score (nSPS) is 12.0. The number of benzene rings is 1.